The highest BCUT2D eigenvalue weighted by molar-refractivity contribution is 8.00. The molecular weight excluding hydrogens is 308 g/mol. The Bertz CT molecular complexity index is 415. The van der Waals surface area contributed by atoms with Crippen molar-refractivity contribution >= 4 is 30.1 Å². The van der Waals surface area contributed by atoms with Gasteiger partial charge in [-0.15, -0.1) is 24.2 Å². The van der Waals surface area contributed by atoms with Gasteiger partial charge in [0.05, 0.1) is 12.4 Å². The van der Waals surface area contributed by atoms with E-state index >= 15 is 0 Å². The van der Waals surface area contributed by atoms with Crippen LogP contribution >= 0.6 is 24.2 Å². The summed E-state index contributed by atoms with van der Waals surface area (Å²) in [6.07, 6.45) is 0. The molecule has 0 spiro atoms. The number of thioether (sulfide) groups is 1. The lowest BCUT2D eigenvalue weighted by Crippen LogP contribution is -2.41. The number of rotatable bonds is 8. The van der Waals surface area contributed by atoms with Gasteiger partial charge < -0.3 is 15.4 Å². The molecule has 4 nitrogen and oxygen atoms in total. The fraction of sp³-hybridized carbons (Fsp3) is 0.533. The maximum atomic E-state index is 12.0. The number of ether oxygens (including phenoxy) is 1. The molecule has 1 unspecified atom stereocenters. The first-order valence-corrected chi connectivity index (χ1v) is 7.76. The molecule has 1 aromatic rings. The molecule has 21 heavy (non-hydrogen) atoms. The maximum Gasteiger partial charge on any atom is 0.233 e. The Labute approximate surface area is 137 Å². The number of amides is 1. The number of methoxy groups -OCH3 is 1. The van der Waals surface area contributed by atoms with Gasteiger partial charge in [-0.25, -0.2) is 0 Å². The highest BCUT2D eigenvalue weighted by atomic mass is 35.5. The molecule has 0 radical (unpaired) electrons. The lowest BCUT2D eigenvalue weighted by Gasteiger charge is -2.16. The summed E-state index contributed by atoms with van der Waals surface area (Å²) in [6.45, 7) is 7.60. The molecule has 0 saturated carbocycles. The van der Waals surface area contributed by atoms with Crippen LogP contribution in [0.1, 0.15) is 20.8 Å². The van der Waals surface area contributed by atoms with Crippen molar-refractivity contribution in [1.82, 2.24) is 10.6 Å². The minimum absolute atomic E-state index is 0. The van der Waals surface area contributed by atoms with E-state index in [1.165, 1.54) is 0 Å². The van der Waals surface area contributed by atoms with Gasteiger partial charge in [0.1, 0.15) is 5.75 Å². The summed E-state index contributed by atoms with van der Waals surface area (Å²) < 4.78 is 5.11. The zero-order valence-corrected chi connectivity index (χ0v) is 14.6. The van der Waals surface area contributed by atoms with Gasteiger partial charge in [-0.3, -0.25) is 4.79 Å². The predicted molar refractivity (Wildman–Crippen MR) is 91.7 cm³/mol. The lowest BCUT2D eigenvalue weighted by molar-refractivity contribution is -0.120. The molecule has 1 amide bonds. The normalized spacial score (nSPS) is 13.0. The van der Waals surface area contributed by atoms with E-state index in [-0.39, 0.29) is 23.6 Å². The smallest absolute Gasteiger partial charge is 0.233 e. The summed E-state index contributed by atoms with van der Waals surface area (Å²) in [5.74, 6) is 0.890. The summed E-state index contributed by atoms with van der Waals surface area (Å²) in [5.41, 5.74) is 0. The third kappa shape index (κ3) is 7.60. The third-order valence-corrected chi connectivity index (χ3v) is 3.99. The summed E-state index contributed by atoms with van der Waals surface area (Å²) in [7, 11) is 1.64. The van der Waals surface area contributed by atoms with Crippen LogP contribution in [0.4, 0.5) is 0 Å². The van der Waals surface area contributed by atoms with Gasteiger partial charge in [-0.1, -0.05) is 6.92 Å². The molecule has 0 aliphatic heterocycles. The monoisotopic (exact) mass is 332 g/mol. The molecule has 0 heterocycles. The van der Waals surface area contributed by atoms with Crippen molar-refractivity contribution in [2.45, 2.75) is 37.0 Å². The van der Waals surface area contributed by atoms with Gasteiger partial charge in [0.25, 0.3) is 0 Å². The van der Waals surface area contributed by atoms with Gasteiger partial charge in [-0.05, 0) is 44.7 Å². The highest BCUT2D eigenvalue weighted by Gasteiger charge is 2.14. The molecule has 1 rings (SSSR count). The summed E-state index contributed by atoms with van der Waals surface area (Å²) >= 11 is 1.55. The zero-order chi connectivity index (χ0) is 15.0. The largest absolute Gasteiger partial charge is 0.497 e. The second-order valence-corrected chi connectivity index (χ2v) is 6.05. The van der Waals surface area contributed by atoms with E-state index in [4.69, 9.17) is 4.74 Å². The number of hydrogen-bond donors (Lipinski definition) is 2. The predicted octanol–water partition coefficient (Wildman–Crippen LogP) is 2.71. The summed E-state index contributed by atoms with van der Waals surface area (Å²) in [4.78, 5) is 13.1. The summed E-state index contributed by atoms with van der Waals surface area (Å²) in [6, 6.07) is 8.03. The van der Waals surface area contributed by atoms with Crippen molar-refractivity contribution < 1.29 is 9.53 Å². The maximum absolute atomic E-state index is 12.0. The molecule has 2 N–H and O–H groups in total. The first-order chi connectivity index (χ1) is 9.56. The van der Waals surface area contributed by atoms with E-state index in [0.29, 0.717) is 12.6 Å². The standard InChI is InChI=1S/C15H24N2O2S.ClH/c1-5-16-11(2)10-17-15(18)12(3)20-14-8-6-13(19-4)7-9-14;/h6-9,11-12,16H,5,10H2,1-4H3,(H,17,18);1H/t11-,12?;/m1./s1. The fourth-order valence-corrected chi connectivity index (χ4v) is 2.62. The average Bonchev–Trinajstić information content (AvgIpc) is 2.45. The van der Waals surface area contributed by atoms with Crippen LogP contribution in [0, 0.1) is 0 Å². The average molecular weight is 333 g/mol. The van der Waals surface area contributed by atoms with Crippen LogP contribution in [0.15, 0.2) is 29.2 Å². The first kappa shape index (κ1) is 20.1. The van der Waals surface area contributed by atoms with Gasteiger partial charge >= 0.3 is 0 Å². The number of likely N-dealkylation sites (N-methyl/N-ethyl adjacent to an activating group) is 1. The Kier molecular flexibility index (Phi) is 10.3. The Morgan fingerprint density at radius 2 is 1.90 bits per heavy atom. The molecule has 0 bridgehead atoms. The van der Waals surface area contributed by atoms with Crippen LogP contribution in [0.3, 0.4) is 0 Å². The number of hydrogen-bond acceptors (Lipinski definition) is 4. The van der Waals surface area contributed by atoms with E-state index < -0.39 is 0 Å². The van der Waals surface area contributed by atoms with E-state index in [9.17, 15) is 4.79 Å². The first-order valence-electron chi connectivity index (χ1n) is 6.88. The highest BCUT2D eigenvalue weighted by Crippen LogP contribution is 2.25. The fourth-order valence-electron chi connectivity index (χ4n) is 1.73. The molecular formula is C15H25ClN2O2S. The van der Waals surface area contributed by atoms with Crippen molar-refractivity contribution in [2.24, 2.45) is 0 Å². The van der Waals surface area contributed by atoms with Crippen LogP contribution in [-0.2, 0) is 4.79 Å². The van der Waals surface area contributed by atoms with Crippen molar-refractivity contribution in [1.29, 1.82) is 0 Å². The van der Waals surface area contributed by atoms with E-state index in [0.717, 1.165) is 17.2 Å². The van der Waals surface area contributed by atoms with Gasteiger partial charge in [0.15, 0.2) is 0 Å². The summed E-state index contributed by atoms with van der Waals surface area (Å²) in [5, 5.41) is 6.12. The van der Waals surface area contributed by atoms with Gasteiger partial charge in [-0.2, -0.15) is 0 Å². The van der Waals surface area contributed by atoms with Crippen LogP contribution in [0.2, 0.25) is 0 Å². The molecule has 120 valence electrons. The molecule has 0 aliphatic rings. The number of carbonyl (C=O) groups excluding carboxylic acids is 1. The Morgan fingerprint density at radius 3 is 2.43 bits per heavy atom. The Hall–Kier alpha value is -0.910. The molecule has 1 aromatic carbocycles. The zero-order valence-electron chi connectivity index (χ0n) is 13.0. The number of carbonyl (C=O) groups is 1. The van der Waals surface area contributed by atoms with Crippen molar-refractivity contribution in [3.63, 3.8) is 0 Å². The SMILES string of the molecule is CCN[C@H](C)CNC(=O)C(C)Sc1ccc(OC)cc1.Cl. The Balaban J connectivity index is 0.00000400. The van der Waals surface area contributed by atoms with Crippen molar-refractivity contribution in [2.75, 3.05) is 20.2 Å². The molecule has 2 atom stereocenters. The molecule has 0 aliphatic carbocycles. The van der Waals surface area contributed by atoms with Gasteiger partial charge in [0, 0.05) is 17.5 Å². The van der Waals surface area contributed by atoms with Crippen LogP contribution in [0.5, 0.6) is 5.75 Å². The van der Waals surface area contributed by atoms with Crippen LogP contribution in [0.25, 0.3) is 0 Å². The number of benzene rings is 1. The van der Waals surface area contributed by atoms with Crippen molar-refractivity contribution in [3.05, 3.63) is 24.3 Å². The van der Waals surface area contributed by atoms with Crippen LogP contribution in [-0.4, -0.2) is 37.4 Å². The topological polar surface area (TPSA) is 50.4 Å². The van der Waals surface area contributed by atoms with E-state index in [1.807, 2.05) is 31.2 Å². The molecule has 0 aromatic heterocycles. The lowest BCUT2D eigenvalue weighted by atomic mass is 10.3. The van der Waals surface area contributed by atoms with Crippen molar-refractivity contribution in [3.8, 4) is 5.75 Å². The van der Waals surface area contributed by atoms with E-state index in [1.54, 1.807) is 18.9 Å². The van der Waals surface area contributed by atoms with Gasteiger partial charge in [0.2, 0.25) is 5.91 Å². The number of halogens is 1. The molecule has 0 saturated heterocycles. The van der Waals surface area contributed by atoms with Crippen LogP contribution < -0.4 is 15.4 Å². The molecule has 0 fully saturated rings. The molecule has 6 heteroatoms. The number of nitrogens with one attached hydrogen (secondary N) is 2. The minimum atomic E-state index is -0.114. The quantitative estimate of drug-likeness (QED) is 0.719. The van der Waals surface area contributed by atoms with E-state index in [2.05, 4.69) is 24.5 Å². The second kappa shape index (κ2) is 10.8. The Morgan fingerprint density at radius 1 is 1.29 bits per heavy atom. The minimum Gasteiger partial charge on any atom is -0.497 e. The second-order valence-electron chi connectivity index (χ2n) is 4.64. The third-order valence-electron chi connectivity index (χ3n) is 2.88.